The van der Waals surface area contributed by atoms with Crippen LogP contribution in [0.15, 0.2) is 30.3 Å². The van der Waals surface area contributed by atoms with Crippen molar-refractivity contribution in [2.45, 2.75) is 25.2 Å². The summed E-state index contributed by atoms with van der Waals surface area (Å²) in [6.07, 6.45) is 1.67. The summed E-state index contributed by atoms with van der Waals surface area (Å²) >= 11 is 0. The Morgan fingerprint density at radius 3 is 2.35 bits per heavy atom. The number of carbonyl (C=O) groups is 1. The van der Waals surface area contributed by atoms with Gasteiger partial charge in [0.15, 0.2) is 0 Å². The monoisotopic (exact) mass is 232 g/mol. The topological polar surface area (TPSA) is 46.3 Å². The number of primary amides is 1. The third-order valence-corrected chi connectivity index (χ3v) is 3.95. The molecule has 3 nitrogen and oxygen atoms in total. The molecular weight excluding hydrogens is 212 g/mol. The minimum atomic E-state index is -0.451. The second kappa shape index (κ2) is 4.88. The Hall–Kier alpha value is -1.35. The van der Waals surface area contributed by atoms with Crippen LogP contribution in [0.5, 0.6) is 0 Å². The number of nitrogens with two attached hydrogens (primary N) is 1. The van der Waals surface area contributed by atoms with E-state index >= 15 is 0 Å². The molecule has 0 aliphatic carbocycles. The summed E-state index contributed by atoms with van der Waals surface area (Å²) in [5.41, 5.74) is 6.28. The molecule has 0 aromatic heterocycles. The standard InChI is InChI=1S/C14H20N2O/c1-2-16-10-8-14(9-11-16,13(15)17)12-6-4-3-5-7-12/h3-7H,2,8-11H2,1H3,(H2,15,17). The van der Waals surface area contributed by atoms with E-state index in [9.17, 15) is 4.79 Å². The molecule has 2 rings (SSSR count). The number of carbonyl (C=O) groups excluding carboxylic acids is 1. The van der Waals surface area contributed by atoms with Crippen molar-refractivity contribution in [2.75, 3.05) is 19.6 Å². The van der Waals surface area contributed by atoms with Gasteiger partial charge in [-0.15, -0.1) is 0 Å². The second-order valence-corrected chi connectivity index (χ2v) is 4.75. The number of amides is 1. The van der Waals surface area contributed by atoms with Crippen LogP contribution in [0.1, 0.15) is 25.3 Å². The van der Waals surface area contributed by atoms with Crippen molar-refractivity contribution in [1.29, 1.82) is 0 Å². The first-order valence-electron chi connectivity index (χ1n) is 6.27. The number of rotatable bonds is 3. The summed E-state index contributed by atoms with van der Waals surface area (Å²) in [5, 5.41) is 0. The Labute approximate surface area is 103 Å². The number of nitrogens with zero attached hydrogens (tertiary/aromatic N) is 1. The Bertz CT molecular complexity index is 380. The molecule has 3 heteroatoms. The highest BCUT2D eigenvalue weighted by atomic mass is 16.1. The van der Waals surface area contributed by atoms with Gasteiger partial charge in [-0.1, -0.05) is 37.3 Å². The molecule has 1 aromatic rings. The first kappa shape index (κ1) is 12.1. The minimum Gasteiger partial charge on any atom is -0.369 e. The molecule has 1 aromatic carbocycles. The van der Waals surface area contributed by atoms with Crippen LogP contribution in [0.4, 0.5) is 0 Å². The van der Waals surface area contributed by atoms with Gasteiger partial charge in [0, 0.05) is 0 Å². The zero-order valence-electron chi connectivity index (χ0n) is 10.4. The third kappa shape index (κ3) is 2.20. The van der Waals surface area contributed by atoms with Gasteiger partial charge in [-0.3, -0.25) is 4.79 Å². The quantitative estimate of drug-likeness (QED) is 0.859. The molecule has 1 fully saturated rings. The first-order valence-corrected chi connectivity index (χ1v) is 6.27. The lowest BCUT2D eigenvalue weighted by Crippen LogP contribution is -2.50. The van der Waals surface area contributed by atoms with E-state index in [2.05, 4.69) is 11.8 Å². The van der Waals surface area contributed by atoms with Gasteiger partial charge in [-0.25, -0.2) is 0 Å². The highest BCUT2D eigenvalue weighted by molar-refractivity contribution is 5.86. The van der Waals surface area contributed by atoms with Crippen molar-refractivity contribution < 1.29 is 4.79 Å². The normalized spacial score (nSPS) is 20.1. The highest BCUT2D eigenvalue weighted by Crippen LogP contribution is 2.35. The van der Waals surface area contributed by atoms with E-state index in [4.69, 9.17) is 5.73 Å². The molecule has 0 unspecified atom stereocenters. The number of likely N-dealkylation sites (tertiary alicyclic amines) is 1. The minimum absolute atomic E-state index is 0.181. The van der Waals surface area contributed by atoms with Gasteiger partial charge in [0.25, 0.3) is 0 Å². The first-order chi connectivity index (χ1) is 8.19. The fourth-order valence-corrected chi connectivity index (χ4v) is 2.69. The average molecular weight is 232 g/mol. The van der Waals surface area contributed by atoms with E-state index in [1.807, 2.05) is 30.3 Å². The van der Waals surface area contributed by atoms with Gasteiger partial charge < -0.3 is 10.6 Å². The molecule has 1 saturated heterocycles. The van der Waals surface area contributed by atoms with Gasteiger partial charge in [0.05, 0.1) is 5.41 Å². The predicted octanol–water partition coefficient (Wildman–Crippen LogP) is 1.53. The maximum absolute atomic E-state index is 11.9. The van der Waals surface area contributed by atoms with Crippen molar-refractivity contribution >= 4 is 5.91 Å². The maximum atomic E-state index is 11.9. The third-order valence-electron chi connectivity index (χ3n) is 3.95. The lowest BCUT2D eigenvalue weighted by atomic mass is 9.72. The lowest BCUT2D eigenvalue weighted by Gasteiger charge is -2.39. The molecule has 0 spiro atoms. The van der Waals surface area contributed by atoms with E-state index in [-0.39, 0.29) is 5.91 Å². The fraction of sp³-hybridized carbons (Fsp3) is 0.500. The van der Waals surface area contributed by atoms with Gasteiger partial charge >= 0.3 is 0 Å². The number of benzene rings is 1. The van der Waals surface area contributed by atoms with Gasteiger partial charge in [0.1, 0.15) is 0 Å². The van der Waals surface area contributed by atoms with Crippen LogP contribution in [0.3, 0.4) is 0 Å². The second-order valence-electron chi connectivity index (χ2n) is 4.75. The zero-order valence-corrected chi connectivity index (χ0v) is 10.4. The molecule has 0 bridgehead atoms. The maximum Gasteiger partial charge on any atom is 0.228 e. The van der Waals surface area contributed by atoms with Gasteiger partial charge in [-0.2, -0.15) is 0 Å². The summed E-state index contributed by atoms with van der Waals surface area (Å²) in [6, 6.07) is 9.97. The fourth-order valence-electron chi connectivity index (χ4n) is 2.69. The van der Waals surface area contributed by atoms with Crippen LogP contribution < -0.4 is 5.73 Å². The van der Waals surface area contributed by atoms with Crippen LogP contribution in [-0.2, 0) is 10.2 Å². The SMILES string of the molecule is CCN1CCC(C(N)=O)(c2ccccc2)CC1. The molecule has 1 aliphatic heterocycles. The molecule has 2 N–H and O–H groups in total. The van der Waals surface area contributed by atoms with Crippen LogP contribution in [0.2, 0.25) is 0 Å². The number of hydrogen-bond acceptors (Lipinski definition) is 2. The molecular formula is C14H20N2O. The largest absolute Gasteiger partial charge is 0.369 e. The summed E-state index contributed by atoms with van der Waals surface area (Å²) in [5.74, 6) is -0.181. The van der Waals surface area contributed by atoms with E-state index in [0.29, 0.717) is 0 Å². The van der Waals surface area contributed by atoms with Crippen molar-refractivity contribution in [1.82, 2.24) is 4.90 Å². The molecule has 1 aliphatic rings. The molecule has 1 heterocycles. The van der Waals surface area contributed by atoms with Crippen LogP contribution in [0, 0.1) is 0 Å². The van der Waals surface area contributed by atoms with E-state index in [0.717, 1.165) is 38.0 Å². The predicted molar refractivity (Wildman–Crippen MR) is 68.7 cm³/mol. The molecule has 92 valence electrons. The average Bonchev–Trinajstić information content (AvgIpc) is 2.39. The van der Waals surface area contributed by atoms with Crippen molar-refractivity contribution in [3.8, 4) is 0 Å². The summed E-state index contributed by atoms with van der Waals surface area (Å²) < 4.78 is 0. The molecule has 17 heavy (non-hydrogen) atoms. The Morgan fingerprint density at radius 1 is 1.29 bits per heavy atom. The van der Waals surface area contributed by atoms with Crippen LogP contribution in [0.25, 0.3) is 0 Å². The van der Waals surface area contributed by atoms with Crippen molar-refractivity contribution in [3.05, 3.63) is 35.9 Å². The summed E-state index contributed by atoms with van der Waals surface area (Å²) in [6.45, 7) is 5.10. The van der Waals surface area contributed by atoms with E-state index in [1.165, 1.54) is 0 Å². The number of piperidine rings is 1. The Morgan fingerprint density at radius 2 is 1.88 bits per heavy atom. The summed E-state index contributed by atoms with van der Waals surface area (Å²) in [4.78, 5) is 14.2. The van der Waals surface area contributed by atoms with E-state index < -0.39 is 5.41 Å². The number of hydrogen-bond donors (Lipinski definition) is 1. The summed E-state index contributed by atoms with van der Waals surface area (Å²) in [7, 11) is 0. The van der Waals surface area contributed by atoms with Crippen LogP contribution in [-0.4, -0.2) is 30.4 Å². The Balaban J connectivity index is 2.27. The van der Waals surface area contributed by atoms with E-state index in [1.54, 1.807) is 0 Å². The Kier molecular flexibility index (Phi) is 3.48. The highest BCUT2D eigenvalue weighted by Gasteiger charge is 2.40. The zero-order chi connectivity index (χ0) is 12.3. The molecule has 0 radical (unpaired) electrons. The van der Waals surface area contributed by atoms with Gasteiger partial charge in [0.2, 0.25) is 5.91 Å². The smallest absolute Gasteiger partial charge is 0.228 e. The molecule has 0 atom stereocenters. The van der Waals surface area contributed by atoms with Crippen molar-refractivity contribution in [2.24, 2.45) is 5.73 Å². The van der Waals surface area contributed by atoms with Gasteiger partial charge in [-0.05, 0) is 38.0 Å². The lowest BCUT2D eigenvalue weighted by molar-refractivity contribution is -0.125. The molecule has 1 amide bonds. The van der Waals surface area contributed by atoms with Crippen molar-refractivity contribution in [3.63, 3.8) is 0 Å². The molecule has 0 saturated carbocycles. The van der Waals surface area contributed by atoms with Crippen LogP contribution >= 0.6 is 0 Å².